The molecule has 4 aromatic rings. The number of amides is 1. The SMILES string of the molecule is Cc1cc(N)nc(-c2c(Cl)cc3c(N4CCC(N(C)C(=O)n5ccnc5)C[C@@H]4C)nc(OC[C@@]45CCCN4C[C@H](F)C5)nc3c2F)c1C(F)(F)F. The van der Waals surface area contributed by atoms with Crippen LogP contribution in [0.4, 0.5) is 38.4 Å². The van der Waals surface area contributed by atoms with Gasteiger partial charge >= 0.3 is 18.2 Å². The minimum Gasteiger partial charge on any atom is -0.461 e. The lowest BCUT2D eigenvalue weighted by Gasteiger charge is -2.42. The van der Waals surface area contributed by atoms with Crippen molar-refractivity contribution >= 4 is 40.2 Å². The fraction of sp³-hybridized carbons (Fsp3) is 0.500. The molecule has 1 amide bonds. The number of carbonyl (C=O) groups excluding carboxylic acids is 1. The third-order valence-corrected chi connectivity index (χ3v) is 10.8. The van der Waals surface area contributed by atoms with E-state index in [9.17, 15) is 22.4 Å². The zero-order valence-corrected chi connectivity index (χ0v) is 29.0. The predicted molar refractivity (Wildman–Crippen MR) is 181 cm³/mol. The summed E-state index contributed by atoms with van der Waals surface area (Å²) < 4.78 is 82.0. The van der Waals surface area contributed by atoms with Crippen molar-refractivity contribution in [1.82, 2.24) is 34.3 Å². The number of nitrogens with two attached hydrogens (primary N) is 1. The number of nitrogens with zero attached hydrogens (tertiary/aromatic N) is 8. The Kier molecular flexibility index (Phi) is 8.97. The van der Waals surface area contributed by atoms with Crippen LogP contribution in [0.3, 0.4) is 0 Å². The van der Waals surface area contributed by atoms with Crippen LogP contribution in [0.25, 0.3) is 22.2 Å². The summed E-state index contributed by atoms with van der Waals surface area (Å²) in [7, 11) is 1.72. The molecule has 3 aliphatic heterocycles. The topological polar surface area (TPSA) is 119 Å². The summed E-state index contributed by atoms with van der Waals surface area (Å²) in [6, 6.07) is 1.56. The number of piperidine rings is 1. The Morgan fingerprint density at radius 3 is 2.71 bits per heavy atom. The summed E-state index contributed by atoms with van der Waals surface area (Å²) in [4.78, 5) is 35.7. The highest BCUT2D eigenvalue weighted by Crippen LogP contribution is 2.46. The summed E-state index contributed by atoms with van der Waals surface area (Å²) in [6.07, 6.45) is 1.50. The third-order valence-electron chi connectivity index (χ3n) is 10.5. The van der Waals surface area contributed by atoms with Gasteiger partial charge in [-0.3, -0.25) is 9.47 Å². The molecule has 1 aromatic carbocycles. The smallest absolute Gasteiger partial charge is 0.418 e. The van der Waals surface area contributed by atoms with Crippen LogP contribution >= 0.6 is 11.6 Å². The van der Waals surface area contributed by atoms with E-state index >= 15 is 4.39 Å². The molecule has 1 unspecified atom stereocenters. The van der Waals surface area contributed by atoms with Gasteiger partial charge in [0, 0.05) is 56.4 Å². The molecule has 0 saturated carbocycles. The molecule has 51 heavy (non-hydrogen) atoms. The van der Waals surface area contributed by atoms with E-state index in [2.05, 4.69) is 19.9 Å². The monoisotopic (exact) mass is 733 g/mol. The fourth-order valence-corrected chi connectivity index (χ4v) is 8.35. The summed E-state index contributed by atoms with van der Waals surface area (Å²) >= 11 is 6.64. The number of ether oxygens (including phenoxy) is 1. The minimum atomic E-state index is -4.90. The van der Waals surface area contributed by atoms with Gasteiger partial charge in [-0.2, -0.15) is 23.1 Å². The van der Waals surface area contributed by atoms with Crippen LogP contribution in [0.5, 0.6) is 6.01 Å². The lowest BCUT2D eigenvalue weighted by Crippen LogP contribution is -2.50. The van der Waals surface area contributed by atoms with Crippen LogP contribution in [-0.4, -0.2) is 97.4 Å². The molecule has 0 bridgehead atoms. The summed E-state index contributed by atoms with van der Waals surface area (Å²) in [5.41, 5.74) is 2.19. The number of nitrogen functional groups attached to an aromatic ring is 1. The first-order valence-corrected chi connectivity index (χ1v) is 17.1. The number of halogens is 6. The fourth-order valence-electron chi connectivity index (χ4n) is 8.07. The van der Waals surface area contributed by atoms with Crippen molar-refractivity contribution in [3.8, 4) is 17.3 Å². The first kappa shape index (κ1) is 35.1. The lowest BCUT2D eigenvalue weighted by molar-refractivity contribution is -0.137. The standard InChI is InChI=1S/C34H37ClF5N9O2/c1-18-11-24(41)43-29(26(18)34(38,39)40)25-23(35)13-22-28(27(25)37)44-31(51-16-33-6-4-8-48(33)15-20(36)14-33)45-30(22)49-9-5-21(12-19(49)2)46(3)32(50)47-10-7-42-17-47/h7,10-11,13,17,19-21H,4-6,8-9,12,14-16H2,1-3H3,(H2,41,43)/t19-,20+,21?,33-/m0/s1. The van der Waals surface area contributed by atoms with E-state index in [1.807, 2.05) is 11.8 Å². The van der Waals surface area contributed by atoms with E-state index in [-0.39, 0.29) is 70.3 Å². The van der Waals surface area contributed by atoms with Gasteiger partial charge in [0.15, 0.2) is 5.82 Å². The number of benzene rings is 1. The van der Waals surface area contributed by atoms with Gasteiger partial charge in [-0.15, -0.1) is 0 Å². The zero-order chi connectivity index (χ0) is 36.4. The van der Waals surface area contributed by atoms with Gasteiger partial charge in [-0.05, 0) is 63.8 Å². The number of pyridine rings is 1. The normalized spacial score (nSPS) is 23.9. The maximum Gasteiger partial charge on any atom is 0.418 e. The van der Waals surface area contributed by atoms with E-state index in [0.29, 0.717) is 32.4 Å². The summed E-state index contributed by atoms with van der Waals surface area (Å²) in [5, 5.41) is -0.184. The van der Waals surface area contributed by atoms with E-state index < -0.39 is 40.5 Å². The van der Waals surface area contributed by atoms with Crippen molar-refractivity contribution in [1.29, 1.82) is 0 Å². The van der Waals surface area contributed by atoms with Crippen molar-refractivity contribution in [3.05, 3.63) is 52.8 Å². The number of aromatic nitrogens is 5. The van der Waals surface area contributed by atoms with Crippen LogP contribution in [0.15, 0.2) is 30.9 Å². The molecular weight excluding hydrogens is 697 g/mol. The summed E-state index contributed by atoms with van der Waals surface area (Å²) in [6.45, 7) is 4.60. The first-order chi connectivity index (χ1) is 24.2. The van der Waals surface area contributed by atoms with E-state index in [1.54, 1.807) is 18.1 Å². The molecule has 7 rings (SSSR count). The van der Waals surface area contributed by atoms with Crippen LogP contribution in [-0.2, 0) is 6.18 Å². The van der Waals surface area contributed by atoms with Crippen molar-refractivity contribution in [2.75, 3.05) is 43.9 Å². The lowest BCUT2D eigenvalue weighted by atomic mass is 9.95. The van der Waals surface area contributed by atoms with E-state index in [1.165, 1.54) is 30.1 Å². The highest BCUT2D eigenvalue weighted by atomic mass is 35.5. The Hall–Kier alpha value is -4.31. The molecule has 2 N–H and O–H groups in total. The maximum atomic E-state index is 16.9. The van der Waals surface area contributed by atoms with Crippen LogP contribution in [0, 0.1) is 12.7 Å². The van der Waals surface area contributed by atoms with Crippen LogP contribution in [0.1, 0.15) is 50.2 Å². The molecule has 17 heteroatoms. The molecule has 6 heterocycles. The number of rotatable bonds is 6. The molecular formula is C34H37ClF5N9O2. The number of hydrogen-bond donors (Lipinski definition) is 1. The molecule has 11 nitrogen and oxygen atoms in total. The van der Waals surface area contributed by atoms with Gasteiger partial charge in [0.25, 0.3) is 0 Å². The van der Waals surface area contributed by atoms with Crippen molar-refractivity contribution in [2.24, 2.45) is 0 Å². The van der Waals surface area contributed by atoms with Crippen molar-refractivity contribution < 1.29 is 31.5 Å². The molecule has 0 radical (unpaired) electrons. The molecule has 3 aromatic heterocycles. The van der Waals surface area contributed by atoms with Gasteiger partial charge in [-0.25, -0.2) is 23.5 Å². The number of aryl methyl sites for hydroxylation is 1. The van der Waals surface area contributed by atoms with E-state index in [0.717, 1.165) is 19.0 Å². The predicted octanol–water partition coefficient (Wildman–Crippen LogP) is 6.50. The van der Waals surface area contributed by atoms with Gasteiger partial charge in [0.2, 0.25) is 0 Å². The van der Waals surface area contributed by atoms with E-state index in [4.69, 9.17) is 27.1 Å². The molecule has 3 aliphatic rings. The van der Waals surface area contributed by atoms with Gasteiger partial charge in [-0.1, -0.05) is 11.6 Å². The third kappa shape index (κ3) is 6.30. The van der Waals surface area contributed by atoms with Gasteiger partial charge in [0.1, 0.15) is 36.3 Å². The second-order valence-corrected chi connectivity index (χ2v) is 14.2. The van der Waals surface area contributed by atoms with Crippen molar-refractivity contribution in [2.45, 2.75) is 75.9 Å². The minimum absolute atomic E-state index is 0.0490. The first-order valence-electron chi connectivity index (χ1n) is 16.7. The largest absolute Gasteiger partial charge is 0.461 e. The Balaban J connectivity index is 1.31. The summed E-state index contributed by atoms with van der Waals surface area (Å²) in [5.74, 6) is -1.12. The zero-order valence-electron chi connectivity index (χ0n) is 28.2. The molecule has 0 spiro atoms. The Morgan fingerprint density at radius 2 is 2.00 bits per heavy atom. The second-order valence-electron chi connectivity index (χ2n) is 13.8. The van der Waals surface area contributed by atoms with Gasteiger partial charge in [0.05, 0.1) is 27.4 Å². The quantitative estimate of drug-likeness (QED) is 0.222. The molecule has 0 aliphatic carbocycles. The Bertz CT molecular complexity index is 1980. The average molecular weight is 734 g/mol. The van der Waals surface area contributed by atoms with Crippen molar-refractivity contribution in [3.63, 3.8) is 0 Å². The number of alkyl halides is 4. The van der Waals surface area contributed by atoms with Crippen LogP contribution < -0.4 is 15.4 Å². The number of anilines is 2. The molecule has 4 atom stereocenters. The van der Waals surface area contributed by atoms with Crippen LogP contribution in [0.2, 0.25) is 5.02 Å². The maximum absolute atomic E-state index is 16.9. The Labute approximate surface area is 295 Å². The number of imidazole rings is 1. The number of fused-ring (bicyclic) bond motifs is 2. The second kappa shape index (κ2) is 13.0. The molecule has 3 fully saturated rings. The Morgan fingerprint density at radius 1 is 1.22 bits per heavy atom. The average Bonchev–Trinajstić information content (AvgIpc) is 3.79. The number of hydrogen-bond acceptors (Lipinski definition) is 9. The highest BCUT2D eigenvalue weighted by molar-refractivity contribution is 6.34. The number of carbonyl (C=O) groups is 1. The highest BCUT2D eigenvalue weighted by Gasteiger charge is 2.49. The molecule has 3 saturated heterocycles. The van der Waals surface area contributed by atoms with Gasteiger partial charge < -0.3 is 20.3 Å². The molecule has 272 valence electrons.